The molecule has 0 bridgehead atoms. The van der Waals surface area contributed by atoms with Crippen molar-refractivity contribution >= 4 is 31.8 Å². The highest BCUT2D eigenvalue weighted by molar-refractivity contribution is 7.89. The van der Waals surface area contributed by atoms with Crippen LogP contribution in [0.1, 0.15) is 11.1 Å². The van der Waals surface area contributed by atoms with Crippen LogP contribution in [0.5, 0.6) is 0 Å². The molecule has 0 amide bonds. The summed E-state index contributed by atoms with van der Waals surface area (Å²) in [6.07, 6.45) is 7.29. The second kappa shape index (κ2) is 11.1. The minimum absolute atomic E-state index is 0.00372. The smallest absolute Gasteiger partial charge is 0.158 e. The zero-order valence-corrected chi connectivity index (χ0v) is 26.6. The minimum Gasteiger partial charge on any atom is -0.456 e. The van der Waals surface area contributed by atoms with Gasteiger partial charge in [0.15, 0.2) is 9.84 Å². The first kappa shape index (κ1) is 28.4. The minimum atomic E-state index is -3.39. The van der Waals surface area contributed by atoms with E-state index in [2.05, 4.69) is 70.6 Å². The third-order valence-corrected chi connectivity index (χ3v) is 10.7. The largest absolute Gasteiger partial charge is 0.456 e. The molecule has 4 heterocycles. The van der Waals surface area contributed by atoms with Crippen molar-refractivity contribution in [1.29, 1.82) is 0 Å². The van der Waals surface area contributed by atoms with Gasteiger partial charge in [0.1, 0.15) is 11.2 Å². The Bertz CT molecular complexity index is 2570. The molecule has 9 rings (SSSR count). The van der Waals surface area contributed by atoms with Gasteiger partial charge in [0.05, 0.1) is 11.5 Å². The second-order valence-corrected chi connectivity index (χ2v) is 14.4. The Morgan fingerprint density at radius 1 is 0.458 bits per heavy atom. The fraction of sp³-hybridized carbons (Fsp3) is 0.0476. The van der Waals surface area contributed by atoms with E-state index in [-0.39, 0.29) is 11.5 Å². The molecule has 0 N–H and O–H groups in total. The molecule has 0 fully saturated rings. The summed E-state index contributed by atoms with van der Waals surface area (Å²) in [5.41, 5.74) is 13.4. The first-order valence-corrected chi connectivity index (χ1v) is 17.6. The lowest BCUT2D eigenvalue weighted by Gasteiger charge is -2.15. The van der Waals surface area contributed by atoms with Gasteiger partial charge in [-0.25, -0.2) is 8.42 Å². The van der Waals surface area contributed by atoms with Crippen molar-refractivity contribution in [3.05, 3.63) is 157 Å². The maximum Gasteiger partial charge on any atom is 0.158 e. The number of sulfone groups is 1. The van der Waals surface area contributed by atoms with Crippen LogP contribution in [-0.4, -0.2) is 18.4 Å². The molecule has 6 heteroatoms. The van der Waals surface area contributed by atoms with Crippen molar-refractivity contribution in [3.8, 4) is 55.6 Å². The van der Waals surface area contributed by atoms with Gasteiger partial charge in [-0.1, -0.05) is 60.7 Å². The zero-order valence-electron chi connectivity index (χ0n) is 25.8. The van der Waals surface area contributed by atoms with E-state index < -0.39 is 9.84 Å². The van der Waals surface area contributed by atoms with Gasteiger partial charge >= 0.3 is 0 Å². The first-order chi connectivity index (χ1) is 23.5. The molecule has 0 unspecified atom stereocenters. The molecule has 0 atom stereocenters. The van der Waals surface area contributed by atoms with Gasteiger partial charge in [0.2, 0.25) is 0 Å². The van der Waals surface area contributed by atoms with E-state index in [0.29, 0.717) is 0 Å². The lowest BCUT2D eigenvalue weighted by atomic mass is 9.89. The van der Waals surface area contributed by atoms with Crippen LogP contribution < -0.4 is 0 Å². The van der Waals surface area contributed by atoms with Crippen molar-refractivity contribution < 1.29 is 12.8 Å². The van der Waals surface area contributed by atoms with Crippen molar-refractivity contribution in [1.82, 2.24) is 9.97 Å². The quantitative estimate of drug-likeness (QED) is 0.191. The highest BCUT2D eigenvalue weighted by atomic mass is 32.2. The summed E-state index contributed by atoms with van der Waals surface area (Å²) in [5, 5.41) is 2.10. The number of pyridine rings is 2. The van der Waals surface area contributed by atoms with Crippen molar-refractivity contribution in [2.24, 2.45) is 0 Å². The Morgan fingerprint density at radius 3 is 1.79 bits per heavy atom. The highest BCUT2D eigenvalue weighted by Gasteiger charge is 2.25. The normalized spacial score (nSPS) is 13.6. The standard InChI is InChI=1S/C42H28N2O3S/c45-48(46)25-32-10-9-29(33-18-34(30-5-3-15-43-23-30)20-35(19-33)31-6-4-16-44-24-31)21-39(32)37-13-11-27(17-36(37)26-48)28-12-14-42-40(22-28)38-7-1-2-8-41(38)47-42/h1-24H,25-26H2. The van der Waals surface area contributed by atoms with Crippen LogP contribution in [-0.2, 0) is 21.3 Å². The van der Waals surface area contributed by atoms with Gasteiger partial charge in [0, 0.05) is 46.7 Å². The van der Waals surface area contributed by atoms with Gasteiger partial charge in [-0.2, -0.15) is 0 Å². The van der Waals surface area contributed by atoms with Gasteiger partial charge < -0.3 is 4.42 Å². The molecule has 8 aromatic rings. The Balaban J connectivity index is 1.18. The van der Waals surface area contributed by atoms with E-state index in [1.54, 1.807) is 12.4 Å². The predicted molar refractivity (Wildman–Crippen MR) is 193 cm³/mol. The molecule has 5 aromatic carbocycles. The lowest BCUT2D eigenvalue weighted by Crippen LogP contribution is -2.05. The fourth-order valence-electron chi connectivity index (χ4n) is 6.91. The summed E-state index contributed by atoms with van der Waals surface area (Å²) in [7, 11) is -3.39. The second-order valence-electron chi connectivity index (χ2n) is 12.4. The summed E-state index contributed by atoms with van der Waals surface area (Å²) < 4.78 is 33.0. The van der Waals surface area contributed by atoms with E-state index in [0.717, 1.165) is 88.7 Å². The van der Waals surface area contributed by atoms with E-state index in [4.69, 9.17) is 4.42 Å². The zero-order chi connectivity index (χ0) is 32.2. The Labute approximate surface area is 278 Å². The fourth-order valence-corrected chi connectivity index (χ4v) is 8.45. The maximum absolute atomic E-state index is 13.5. The topological polar surface area (TPSA) is 73.1 Å². The Kier molecular flexibility index (Phi) is 6.59. The Morgan fingerprint density at radius 2 is 1.06 bits per heavy atom. The summed E-state index contributed by atoms with van der Waals surface area (Å²) in [6, 6.07) is 41.1. The number of benzene rings is 5. The summed E-state index contributed by atoms with van der Waals surface area (Å²) in [4.78, 5) is 8.71. The van der Waals surface area contributed by atoms with Crippen molar-refractivity contribution in [2.45, 2.75) is 11.5 Å². The molecule has 230 valence electrons. The van der Waals surface area contributed by atoms with E-state index in [1.807, 2.05) is 73.1 Å². The molecule has 0 aliphatic carbocycles. The van der Waals surface area contributed by atoms with Crippen LogP contribution in [0.3, 0.4) is 0 Å². The van der Waals surface area contributed by atoms with Crippen LogP contribution in [0.4, 0.5) is 0 Å². The van der Waals surface area contributed by atoms with Crippen LogP contribution >= 0.6 is 0 Å². The molecule has 0 saturated heterocycles. The number of rotatable bonds is 4. The van der Waals surface area contributed by atoms with Crippen LogP contribution in [0, 0.1) is 0 Å². The van der Waals surface area contributed by atoms with Crippen LogP contribution in [0.15, 0.2) is 151 Å². The molecular weight excluding hydrogens is 613 g/mol. The molecule has 3 aromatic heterocycles. The van der Waals surface area contributed by atoms with Crippen LogP contribution in [0.2, 0.25) is 0 Å². The number of fused-ring (bicyclic) bond motifs is 6. The summed E-state index contributed by atoms with van der Waals surface area (Å²) in [6.45, 7) is 0. The van der Waals surface area contributed by atoms with Crippen LogP contribution in [0.25, 0.3) is 77.6 Å². The molecular formula is C42H28N2O3S. The van der Waals surface area contributed by atoms with Crippen molar-refractivity contribution in [3.63, 3.8) is 0 Å². The van der Waals surface area contributed by atoms with E-state index in [1.165, 1.54) is 0 Å². The third kappa shape index (κ3) is 5.07. The van der Waals surface area contributed by atoms with E-state index >= 15 is 0 Å². The number of furan rings is 1. The van der Waals surface area contributed by atoms with Gasteiger partial charge in [-0.3, -0.25) is 9.97 Å². The van der Waals surface area contributed by atoms with Crippen molar-refractivity contribution in [2.75, 3.05) is 0 Å². The number of hydrogen-bond donors (Lipinski definition) is 0. The maximum atomic E-state index is 13.5. The molecule has 1 aliphatic rings. The molecule has 1 aliphatic heterocycles. The third-order valence-electron chi connectivity index (χ3n) is 9.22. The summed E-state index contributed by atoms with van der Waals surface area (Å²) in [5.74, 6) is -0.0189. The number of aromatic nitrogens is 2. The van der Waals surface area contributed by atoms with E-state index in [9.17, 15) is 8.42 Å². The molecule has 5 nitrogen and oxygen atoms in total. The van der Waals surface area contributed by atoms with Gasteiger partial charge in [0.25, 0.3) is 0 Å². The average Bonchev–Trinajstić information content (AvgIpc) is 3.45. The average molecular weight is 641 g/mol. The number of para-hydroxylation sites is 1. The monoisotopic (exact) mass is 640 g/mol. The molecule has 48 heavy (non-hydrogen) atoms. The van der Waals surface area contributed by atoms with Gasteiger partial charge in [-0.05, 0) is 116 Å². The van der Waals surface area contributed by atoms with Gasteiger partial charge in [-0.15, -0.1) is 0 Å². The molecule has 0 saturated carbocycles. The first-order valence-electron chi connectivity index (χ1n) is 15.8. The highest BCUT2D eigenvalue weighted by Crippen LogP contribution is 2.41. The summed E-state index contributed by atoms with van der Waals surface area (Å²) >= 11 is 0. The number of nitrogens with zero attached hydrogens (tertiary/aromatic N) is 2. The lowest BCUT2D eigenvalue weighted by molar-refractivity contribution is 0.595. The predicted octanol–water partition coefficient (Wildman–Crippen LogP) is 10.1. The Hall–Kier alpha value is -5.85. The molecule has 0 radical (unpaired) electrons. The molecule has 0 spiro atoms. The number of hydrogen-bond acceptors (Lipinski definition) is 5. The SMILES string of the molecule is O=S1(=O)Cc2cc(-c3ccc4oc5ccccc5c4c3)ccc2-c2cc(-c3cc(-c4cccnc4)cc(-c4cccnc4)c3)ccc2C1.